The summed E-state index contributed by atoms with van der Waals surface area (Å²) in [5, 5.41) is 4.61. The lowest BCUT2D eigenvalue weighted by molar-refractivity contribution is 0.280. The van der Waals surface area contributed by atoms with Crippen molar-refractivity contribution in [2.45, 2.75) is 39.2 Å². The molecule has 3 heteroatoms. The summed E-state index contributed by atoms with van der Waals surface area (Å²) in [4.78, 5) is 9.03. The van der Waals surface area contributed by atoms with Gasteiger partial charge in [-0.15, -0.1) is 0 Å². The second kappa shape index (κ2) is 5.16. The number of hydrogen-bond donors (Lipinski definition) is 1. The van der Waals surface area contributed by atoms with Crippen LogP contribution in [0.1, 0.15) is 33.1 Å². The summed E-state index contributed by atoms with van der Waals surface area (Å²) in [7, 11) is 0. The molecule has 1 saturated carbocycles. The highest BCUT2D eigenvalue weighted by molar-refractivity contribution is 5.78. The molecule has 0 spiro atoms. The van der Waals surface area contributed by atoms with E-state index in [1.54, 1.807) is 0 Å². The Morgan fingerprint density at radius 3 is 2.58 bits per heavy atom. The van der Waals surface area contributed by atoms with E-state index in [1.807, 2.05) is 30.5 Å². The second-order valence-electron chi connectivity index (χ2n) is 6.01. The molecule has 1 aromatic carbocycles. The molecule has 0 radical (unpaired) electrons. The van der Waals surface area contributed by atoms with Crippen molar-refractivity contribution in [2.24, 2.45) is 11.8 Å². The number of para-hydroxylation sites is 1. The maximum absolute atomic E-state index is 4.60. The number of anilines is 1. The van der Waals surface area contributed by atoms with Crippen LogP contribution in [0.3, 0.4) is 0 Å². The zero-order valence-corrected chi connectivity index (χ0v) is 11.6. The Bertz CT molecular complexity index is 557. The first-order chi connectivity index (χ1) is 9.20. The molecular formula is C16H21N3. The lowest BCUT2D eigenvalue weighted by Crippen LogP contribution is -2.30. The largest absolute Gasteiger partial charge is 0.351 e. The zero-order chi connectivity index (χ0) is 13.2. The van der Waals surface area contributed by atoms with Gasteiger partial charge < -0.3 is 5.32 Å². The highest BCUT2D eigenvalue weighted by Crippen LogP contribution is 2.30. The van der Waals surface area contributed by atoms with Crippen LogP contribution in [0.5, 0.6) is 0 Å². The molecule has 1 N–H and O–H groups in total. The standard InChI is InChI=1S/C16H21N3/c1-11-7-12(2)9-14(8-11)18-16-17-10-13-5-3-4-6-15(13)19-16/h3-6,10-12,14H,7-9H2,1-2H3,(H,17,18,19). The van der Waals surface area contributed by atoms with Gasteiger partial charge in [-0.25, -0.2) is 9.97 Å². The lowest BCUT2D eigenvalue weighted by atomic mass is 9.80. The molecule has 1 aliphatic rings. The summed E-state index contributed by atoms with van der Waals surface area (Å²) < 4.78 is 0. The van der Waals surface area contributed by atoms with Gasteiger partial charge in [0.2, 0.25) is 5.95 Å². The van der Waals surface area contributed by atoms with Crippen LogP contribution in [0.15, 0.2) is 30.5 Å². The number of aromatic nitrogens is 2. The summed E-state index contributed by atoms with van der Waals surface area (Å²) >= 11 is 0. The molecule has 2 atom stereocenters. The average molecular weight is 255 g/mol. The minimum absolute atomic E-state index is 0.514. The first kappa shape index (κ1) is 12.4. The Morgan fingerprint density at radius 2 is 1.79 bits per heavy atom. The van der Waals surface area contributed by atoms with Gasteiger partial charge in [-0.2, -0.15) is 0 Å². The molecule has 1 heterocycles. The van der Waals surface area contributed by atoms with E-state index < -0.39 is 0 Å². The summed E-state index contributed by atoms with van der Waals surface area (Å²) in [5.74, 6) is 2.36. The van der Waals surface area contributed by atoms with Gasteiger partial charge in [-0.1, -0.05) is 32.0 Å². The van der Waals surface area contributed by atoms with Crippen LogP contribution < -0.4 is 5.32 Å². The van der Waals surface area contributed by atoms with Gasteiger partial charge in [0.05, 0.1) is 5.52 Å². The lowest BCUT2D eigenvalue weighted by Gasteiger charge is -2.31. The predicted molar refractivity (Wildman–Crippen MR) is 79.1 cm³/mol. The van der Waals surface area contributed by atoms with Crippen molar-refractivity contribution >= 4 is 16.9 Å². The molecule has 1 fully saturated rings. The molecule has 0 saturated heterocycles. The third-order valence-electron chi connectivity index (χ3n) is 4.00. The third-order valence-corrected chi connectivity index (χ3v) is 4.00. The Balaban J connectivity index is 1.77. The van der Waals surface area contributed by atoms with Gasteiger partial charge >= 0.3 is 0 Å². The maximum atomic E-state index is 4.60. The van der Waals surface area contributed by atoms with Crippen LogP contribution in [0.4, 0.5) is 5.95 Å². The number of rotatable bonds is 2. The van der Waals surface area contributed by atoms with E-state index >= 15 is 0 Å². The van der Waals surface area contributed by atoms with Crippen molar-refractivity contribution < 1.29 is 0 Å². The number of nitrogens with zero attached hydrogens (tertiary/aromatic N) is 2. The Morgan fingerprint density at radius 1 is 1.05 bits per heavy atom. The molecule has 0 bridgehead atoms. The topological polar surface area (TPSA) is 37.8 Å². The molecule has 0 amide bonds. The molecular weight excluding hydrogens is 234 g/mol. The van der Waals surface area contributed by atoms with Gasteiger partial charge in [-0.05, 0) is 37.2 Å². The van der Waals surface area contributed by atoms with Crippen LogP contribution in [-0.2, 0) is 0 Å². The van der Waals surface area contributed by atoms with Crippen molar-refractivity contribution in [2.75, 3.05) is 5.32 Å². The van der Waals surface area contributed by atoms with Crippen molar-refractivity contribution in [1.82, 2.24) is 9.97 Å². The minimum atomic E-state index is 0.514. The quantitative estimate of drug-likeness (QED) is 0.885. The second-order valence-corrected chi connectivity index (χ2v) is 6.01. The molecule has 2 unspecified atom stereocenters. The van der Waals surface area contributed by atoms with E-state index in [-0.39, 0.29) is 0 Å². The van der Waals surface area contributed by atoms with Gasteiger partial charge in [0.25, 0.3) is 0 Å². The van der Waals surface area contributed by atoms with Crippen molar-refractivity contribution in [3.8, 4) is 0 Å². The van der Waals surface area contributed by atoms with Gasteiger partial charge in [0, 0.05) is 17.6 Å². The molecule has 100 valence electrons. The average Bonchev–Trinajstić information content (AvgIpc) is 2.37. The fourth-order valence-electron chi connectivity index (χ4n) is 3.29. The van der Waals surface area contributed by atoms with Crippen LogP contribution in [0.25, 0.3) is 10.9 Å². The summed E-state index contributed by atoms with van der Waals surface area (Å²) in [6, 6.07) is 8.63. The van der Waals surface area contributed by atoms with Gasteiger partial charge in [0.1, 0.15) is 0 Å². The van der Waals surface area contributed by atoms with Crippen LogP contribution >= 0.6 is 0 Å². The van der Waals surface area contributed by atoms with E-state index in [0.717, 1.165) is 28.7 Å². The van der Waals surface area contributed by atoms with Crippen molar-refractivity contribution in [1.29, 1.82) is 0 Å². The highest BCUT2D eigenvalue weighted by Gasteiger charge is 2.24. The van der Waals surface area contributed by atoms with E-state index in [9.17, 15) is 0 Å². The fourth-order valence-corrected chi connectivity index (χ4v) is 3.29. The van der Waals surface area contributed by atoms with Gasteiger partial charge in [0.15, 0.2) is 0 Å². The Kier molecular flexibility index (Phi) is 3.36. The van der Waals surface area contributed by atoms with Gasteiger partial charge in [-0.3, -0.25) is 0 Å². The van der Waals surface area contributed by atoms with Crippen LogP contribution in [-0.4, -0.2) is 16.0 Å². The SMILES string of the molecule is CC1CC(C)CC(Nc2ncc3ccccc3n2)C1. The summed E-state index contributed by atoms with van der Waals surface area (Å²) in [5.41, 5.74) is 1.01. The van der Waals surface area contributed by atoms with Crippen molar-refractivity contribution in [3.05, 3.63) is 30.5 Å². The van der Waals surface area contributed by atoms with E-state index in [1.165, 1.54) is 19.3 Å². The molecule has 3 nitrogen and oxygen atoms in total. The summed E-state index contributed by atoms with van der Waals surface area (Å²) in [6.07, 6.45) is 5.69. The van der Waals surface area contributed by atoms with Crippen LogP contribution in [0.2, 0.25) is 0 Å². The minimum Gasteiger partial charge on any atom is -0.351 e. The first-order valence-corrected chi connectivity index (χ1v) is 7.19. The third kappa shape index (κ3) is 2.86. The zero-order valence-electron chi connectivity index (χ0n) is 11.6. The molecule has 1 aromatic heterocycles. The maximum Gasteiger partial charge on any atom is 0.223 e. The smallest absolute Gasteiger partial charge is 0.223 e. The summed E-state index contributed by atoms with van der Waals surface area (Å²) in [6.45, 7) is 4.68. The monoisotopic (exact) mass is 255 g/mol. The predicted octanol–water partition coefficient (Wildman–Crippen LogP) is 3.87. The Labute approximate surface area is 114 Å². The molecule has 2 aromatic rings. The number of nitrogens with one attached hydrogen (secondary N) is 1. The molecule has 0 aliphatic heterocycles. The highest BCUT2D eigenvalue weighted by atomic mass is 15.1. The Hall–Kier alpha value is -1.64. The van der Waals surface area contributed by atoms with Crippen LogP contribution in [0, 0.1) is 11.8 Å². The van der Waals surface area contributed by atoms with E-state index in [2.05, 4.69) is 29.1 Å². The van der Waals surface area contributed by atoms with Crippen molar-refractivity contribution in [3.63, 3.8) is 0 Å². The van der Waals surface area contributed by atoms with E-state index in [4.69, 9.17) is 0 Å². The molecule has 19 heavy (non-hydrogen) atoms. The first-order valence-electron chi connectivity index (χ1n) is 7.19. The molecule has 3 rings (SSSR count). The normalized spacial score (nSPS) is 27.4. The number of hydrogen-bond acceptors (Lipinski definition) is 3. The number of fused-ring (bicyclic) bond motifs is 1. The molecule has 1 aliphatic carbocycles. The number of benzene rings is 1. The fraction of sp³-hybridized carbons (Fsp3) is 0.500. The van der Waals surface area contributed by atoms with E-state index in [0.29, 0.717) is 6.04 Å².